The molecule has 2 amide bonds. The maximum atomic E-state index is 12.2. The van der Waals surface area contributed by atoms with Gasteiger partial charge in [-0.15, -0.1) is 0 Å². The third-order valence-electron chi connectivity index (χ3n) is 3.54. The van der Waals surface area contributed by atoms with Crippen molar-refractivity contribution in [3.05, 3.63) is 77.7 Å². The Morgan fingerprint density at radius 1 is 0.920 bits per heavy atom. The number of anilines is 2. The van der Waals surface area contributed by atoms with Crippen LogP contribution in [0.5, 0.6) is 5.75 Å². The van der Waals surface area contributed by atoms with E-state index >= 15 is 0 Å². The summed E-state index contributed by atoms with van der Waals surface area (Å²) in [6.45, 7) is 1.83. The molecule has 0 fully saturated rings. The summed E-state index contributed by atoms with van der Waals surface area (Å²) in [5.74, 6) is -0.622. The van der Waals surface area contributed by atoms with Gasteiger partial charge in [0.15, 0.2) is 5.76 Å². The summed E-state index contributed by atoms with van der Waals surface area (Å²) in [6, 6.07) is 14.7. The Labute approximate surface area is 144 Å². The minimum Gasteiger partial charge on any atom is -0.507 e. The third-order valence-corrected chi connectivity index (χ3v) is 3.54. The average Bonchev–Trinajstić information content (AvgIpc) is 3.11. The topological polar surface area (TPSA) is 91.6 Å². The van der Waals surface area contributed by atoms with Crippen molar-refractivity contribution in [1.29, 1.82) is 0 Å². The predicted octanol–water partition coefficient (Wildman–Crippen LogP) is 3.80. The van der Waals surface area contributed by atoms with E-state index in [1.165, 1.54) is 12.3 Å². The Balaban J connectivity index is 1.66. The molecule has 25 heavy (non-hydrogen) atoms. The SMILES string of the molecule is Cc1ccc(C(=O)Nc2ccc(NC(=O)c3ccco3)cc2)c(O)c1. The maximum absolute atomic E-state index is 12.2. The molecule has 3 N–H and O–H groups in total. The van der Waals surface area contributed by atoms with Crippen LogP contribution in [0, 0.1) is 6.92 Å². The summed E-state index contributed by atoms with van der Waals surface area (Å²) in [5.41, 5.74) is 2.17. The van der Waals surface area contributed by atoms with Gasteiger partial charge in [-0.2, -0.15) is 0 Å². The van der Waals surface area contributed by atoms with Gasteiger partial charge in [0.1, 0.15) is 5.75 Å². The van der Waals surface area contributed by atoms with E-state index in [2.05, 4.69) is 10.6 Å². The molecule has 0 saturated carbocycles. The van der Waals surface area contributed by atoms with E-state index in [9.17, 15) is 14.7 Å². The minimum atomic E-state index is -0.412. The quantitative estimate of drug-likeness (QED) is 0.676. The van der Waals surface area contributed by atoms with Crippen LogP contribution in [0.15, 0.2) is 65.3 Å². The van der Waals surface area contributed by atoms with Gasteiger partial charge in [-0.3, -0.25) is 9.59 Å². The summed E-state index contributed by atoms with van der Waals surface area (Å²) < 4.78 is 5.02. The fourth-order valence-corrected chi connectivity index (χ4v) is 2.27. The highest BCUT2D eigenvalue weighted by Crippen LogP contribution is 2.21. The Morgan fingerprint density at radius 3 is 2.12 bits per heavy atom. The van der Waals surface area contributed by atoms with Crippen molar-refractivity contribution in [2.75, 3.05) is 10.6 Å². The van der Waals surface area contributed by atoms with Crippen LogP contribution in [0.25, 0.3) is 0 Å². The van der Waals surface area contributed by atoms with Crippen molar-refractivity contribution >= 4 is 23.2 Å². The summed E-state index contributed by atoms with van der Waals surface area (Å²) in [4.78, 5) is 24.1. The van der Waals surface area contributed by atoms with E-state index in [4.69, 9.17) is 4.42 Å². The molecule has 0 aliphatic heterocycles. The molecule has 3 aromatic rings. The lowest BCUT2D eigenvalue weighted by Gasteiger charge is -2.09. The molecule has 3 rings (SSSR count). The van der Waals surface area contributed by atoms with Crippen LogP contribution in [0.1, 0.15) is 26.5 Å². The van der Waals surface area contributed by atoms with Gasteiger partial charge in [-0.05, 0) is 61.0 Å². The molecule has 2 aromatic carbocycles. The summed E-state index contributed by atoms with van der Waals surface area (Å²) >= 11 is 0. The lowest BCUT2D eigenvalue weighted by atomic mass is 10.1. The summed E-state index contributed by atoms with van der Waals surface area (Å²) in [5, 5.41) is 15.2. The zero-order valence-corrected chi connectivity index (χ0v) is 13.4. The molecule has 0 atom stereocenters. The van der Waals surface area contributed by atoms with Gasteiger partial charge in [-0.25, -0.2) is 0 Å². The van der Waals surface area contributed by atoms with E-state index in [0.717, 1.165) is 5.56 Å². The van der Waals surface area contributed by atoms with E-state index in [1.54, 1.807) is 48.5 Å². The lowest BCUT2D eigenvalue weighted by Crippen LogP contribution is -2.13. The molecule has 0 radical (unpaired) electrons. The third kappa shape index (κ3) is 3.87. The monoisotopic (exact) mass is 336 g/mol. The molecule has 6 heteroatoms. The van der Waals surface area contributed by atoms with Crippen LogP contribution in [0.4, 0.5) is 11.4 Å². The van der Waals surface area contributed by atoms with Crippen molar-refractivity contribution < 1.29 is 19.1 Å². The highest BCUT2D eigenvalue weighted by molar-refractivity contribution is 6.06. The molecular weight excluding hydrogens is 320 g/mol. The van der Waals surface area contributed by atoms with Gasteiger partial charge < -0.3 is 20.2 Å². The van der Waals surface area contributed by atoms with Crippen LogP contribution >= 0.6 is 0 Å². The minimum absolute atomic E-state index is 0.0696. The Bertz CT molecular complexity index is 900. The second-order valence-electron chi connectivity index (χ2n) is 5.48. The molecule has 1 aromatic heterocycles. The van der Waals surface area contributed by atoms with Gasteiger partial charge in [0, 0.05) is 11.4 Å². The van der Waals surface area contributed by atoms with Crippen LogP contribution < -0.4 is 10.6 Å². The van der Waals surface area contributed by atoms with Crippen LogP contribution in [0.3, 0.4) is 0 Å². The first-order chi connectivity index (χ1) is 12.0. The molecule has 126 valence electrons. The van der Waals surface area contributed by atoms with Crippen molar-refractivity contribution in [3.8, 4) is 5.75 Å². The van der Waals surface area contributed by atoms with E-state index < -0.39 is 5.91 Å². The van der Waals surface area contributed by atoms with E-state index in [1.807, 2.05) is 6.92 Å². The molecular formula is C19H16N2O4. The second kappa shape index (κ2) is 6.92. The fraction of sp³-hybridized carbons (Fsp3) is 0.0526. The predicted molar refractivity (Wildman–Crippen MR) is 93.9 cm³/mol. The highest BCUT2D eigenvalue weighted by Gasteiger charge is 2.12. The summed E-state index contributed by atoms with van der Waals surface area (Å²) in [7, 11) is 0. The molecule has 0 aliphatic rings. The van der Waals surface area contributed by atoms with Gasteiger partial charge in [0.05, 0.1) is 11.8 Å². The lowest BCUT2D eigenvalue weighted by molar-refractivity contribution is 0.0994. The number of rotatable bonds is 4. The zero-order valence-electron chi connectivity index (χ0n) is 13.4. The number of aromatic hydroxyl groups is 1. The zero-order chi connectivity index (χ0) is 17.8. The molecule has 1 heterocycles. The summed E-state index contributed by atoms with van der Waals surface area (Å²) in [6.07, 6.45) is 1.42. The normalized spacial score (nSPS) is 10.3. The largest absolute Gasteiger partial charge is 0.507 e. The molecule has 0 saturated heterocycles. The highest BCUT2D eigenvalue weighted by atomic mass is 16.3. The number of hydrogen-bond donors (Lipinski definition) is 3. The van der Waals surface area contributed by atoms with Crippen LogP contribution in [-0.4, -0.2) is 16.9 Å². The molecule has 6 nitrogen and oxygen atoms in total. The Kier molecular flexibility index (Phi) is 4.52. The molecule has 0 bridgehead atoms. The number of aryl methyl sites for hydroxylation is 1. The van der Waals surface area contributed by atoms with Gasteiger partial charge >= 0.3 is 0 Å². The van der Waals surface area contributed by atoms with Crippen LogP contribution in [-0.2, 0) is 0 Å². The van der Waals surface area contributed by atoms with Crippen LogP contribution in [0.2, 0.25) is 0 Å². The standard InChI is InChI=1S/C19H16N2O4/c1-12-4-9-15(16(22)11-12)18(23)20-13-5-7-14(8-6-13)21-19(24)17-3-2-10-25-17/h2-11,22H,1H3,(H,20,23)(H,21,24). The van der Waals surface area contributed by atoms with Crippen molar-refractivity contribution in [2.45, 2.75) is 6.92 Å². The van der Waals surface area contributed by atoms with Crippen molar-refractivity contribution in [2.24, 2.45) is 0 Å². The number of hydrogen-bond acceptors (Lipinski definition) is 4. The number of phenols is 1. The first-order valence-electron chi connectivity index (χ1n) is 7.59. The number of phenolic OH excluding ortho intramolecular Hbond substituents is 1. The number of amides is 2. The van der Waals surface area contributed by atoms with E-state index in [-0.39, 0.29) is 23.0 Å². The number of nitrogens with one attached hydrogen (secondary N) is 2. The van der Waals surface area contributed by atoms with Gasteiger partial charge in [0.25, 0.3) is 11.8 Å². The average molecular weight is 336 g/mol. The number of carbonyl (C=O) groups excluding carboxylic acids is 2. The van der Waals surface area contributed by atoms with E-state index in [0.29, 0.717) is 11.4 Å². The van der Waals surface area contributed by atoms with Gasteiger partial charge in [-0.1, -0.05) is 6.07 Å². The smallest absolute Gasteiger partial charge is 0.291 e. The van der Waals surface area contributed by atoms with Crippen molar-refractivity contribution in [3.63, 3.8) is 0 Å². The fourth-order valence-electron chi connectivity index (χ4n) is 2.27. The molecule has 0 unspecified atom stereocenters. The molecule has 0 aliphatic carbocycles. The first kappa shape index (κ1) is 16.3. The molecule has 0 spiro atoms. The number of furan rings is 1. The Morgan fingerprint density at radius 2 is 1.56 bits per heavy atom. The number of benzene rings is 2. The number of carbonyl (C=O) groups is 2. The first-order valence-corrected chi connectivity index (χ1v) is 7.59. The Hall–Kier alpha value is -3.54. The van der Waals surface area contributed by atoms with Gasteiger partial charge in [0.2, 0.25) is 0 Å². The maximum Gasteiger partial charge on any atom is 0.291 e. The second-order valence-corrected chi connectivity index (χ2v) is 5.48. The van der Waals surface area contributed by atoms with Crippen molar-refractivity contribution in [1.82, 2.24) is 0 Å².